The first-order valence-electron chi connectivity index (χ1n) is 8.09. The fraction of sp³-hybridized carbons (Fsp3) is 0.588. The number of carbonyl (C=O) groups excluding carboxylic acids is 1. The number of esters is 1. The third-order valence-corrected chi connectivity index (χ3v) is 5.96. The summed E-state index contributed by atoms with van der Waals surface area (Å²) in [6.45, 7) is 5.50. The Kier molecular flexibility index (Phi) is 5.37. The van der Waals surface area contributed by atoms with Crippen molar-refractivity contribution in [3.8, 4) is 0 Å². The fourth-order valence-electron chi connectivity index (χ4n) is 2.24. The Morgan fingerprint density at radius 1 is 1.25 bits per heavy atom. The Bertz CT molecular complexity index is 678. The van der Waals surface area contributed by atoms with Gasteiger partial charge in [0.05, 0.1) is 4.90 Å². The van der Waals surface area contributed by atoms with Crippen molar-refractivity contribution in [1.82, 2.24) is 5.32 Å². The van der Waals surface area contributed by atoms with Crippen molar-refractivity contribution in [1.29, 1.82) is 0 Å². The van der Waals surface area contributed by atoms with E-state index in [0.717, 1.165) is 12.8 Å². The molecule has 6 nitrogen and oxygen atoms in total. The number of ether oxygens (including phenoxy) is 1. The van der Waals surface area contributed by atoms with Crippen LogP contribution >= 0.6 is 0 Å². The first kappa shape index (κ1) is 18.9. The molecule has 0 spiro atoms. The van der Waals surface area contributed by atoms with Crippen molar-refractivity contribution < 1.29 is 17.9 Å². The van der Waals surface area contributed by atoms with E-state index in [9.17, 15) is 13.2 Å². The van der Waals surface area contributed by atoms with Gasteiger partial charge in [0.15, 0.2) is 0 Å². The molecule has 1 aliphatic carbocycles. The Morgan fingerprint density at radius 3 is 2.33 bits per heavy atom. The second kappa shape index (κ2) is 6.82. The zero-order chi connectivity index (χ0) is 18.0. The second-order valence-corrected chi connectivity index (χ2v) is 9.49. The number of benzene rings is 1. The Morgan fingerprint density at radius 2 is 1.83 bits per heavy atom. The molecule has 1 atom stereocenters. The number of carbonyl (C=O) groups is 1. The van der Waals surface area contributed by atoms with Gasteiger partial charge in [0.1, 0.15) is 5.60 Å². The van der Waals surface area contributed by atoms with E-state index < -0.39 is 26.3 Å². The van der Waals surface area contributed by atoms with E-state index in [1.54, 1.807) is 39.0 Å². The molecule has 3 N–H and O–H groups in total. The van der Waals surface area contributed by atoms with Gasteiger partial charge in [-0.25, -0.2) is 13.2 Å². The van der Waals surface area contributed by atoms with Gasteiger partial charge in [-0.05, 0) is 58.2 Å². The molecule has 1 saturated carbocycles. The zero-order valence-corrected chi connectivity index (χ0v) is 15.2. The Hall–Kier alpha value is -1.44. The molecule has 0 aromatic heterocycles. The summed E-state index contributed by atoms with van der Waals surface area (Å²) in [5.74, 6) is -0.408. The molecule has 1 aliphatic rings. The molecule has 0 saturated heterocycles. The van der Waals surface area contributed by atoms with Gasteiger partial charge in [-0.1, -0.05) is 18.2 Å². The van der Waals surface area contributed by atoms with Crippen LogP contribution in [-0.4, -0.2) is 37.9 Å². The highest BCUT2D eigenvalue weighted by Gasteiger charge is 2.50. The van der Waals surface area contributed by atoms with Crippen LogP contribution < -0.4 is 11.1 Å². The lowest BCUT2D eigenvalue weighted by atomic mass is 10.2. The summed E-state index contributed by atoms with van der Waals surface area (Å²) in [5, 5.41) is 3.03. The number of nitrogens with one attached hydrogen (secondary N) is 1. The minimum absolute atomic E-state index is 0.00609. The van der Waals surface area contributed by atoms with Crippen LogP contribution in [0.1, 0.15) is 33.6 Å². The van der Waals surface area contributed by atoms with Crippen LogP contribution in [0.15, 0.2) is 35.2 Å². The van der Waals surface area contributed by atoms with E-state index in [1.165, 1.54) is 12.1 Å². The van der Waals surface area contributed by atoms with E-state index >= 15 is 0 Å². The summed E-state index contributed by atoms with van der Waals surface area (Å²) >= 11 is 0. The lowest BCUT2D eigenvalue weighted by molar-refractivity contribution is -0.158. The number of nitrogens with two attached hydrogens (primary N) is 1. The van der Waals surface area contributed by atoms with Gasteiger partial charge in [0.25, 0.3) is 0 Å². The fourth-order valence-corrected chi connectivity index (χ4v) is 3.72. The molecule has 0 aliphatic heterocycles. The summed E-state index contributed by atoms with van der Waals surface area (Å²) in [4.78, 5) is 10.5. The molecule has 1 aromatic rings. The van der Waals surface area contributed by atoms with Crippen LogP contribution in [0, 0.1) is 5.92 Å². The van der Waals surface area contributed by atoms with Crippen molar-refractivity contribution in [2.75, 3.05) is 13.1 Å². The molecular formula is C17H26N2O4S. The van der Waals surface area contributed by atoms with Crippen molar-refractivity contribution in [3.05, 3.63) is 30.3 Å². The first-order chi connectivity index (χ1) is 11.1. The lowest BCUT2D eigenvalue weighted by Gasteiger charge is -2.31. The zero-order valence-electron chi connectivity index (χ0n) is 14.4. The minimum atomic E-state index is -4.11. The third-order valence-electron chi connectivity index (χ3n) is 3.80. The molecule has 24 heavy (non-hydrogen) atoms. The maximum Gasteiger partial charge on any atom is 0.344 e. The average molecular weight is 354 g/mol. The highest BCUT2D eigenvalue weighted by molar-refractivity contribution is 7.93. The van der Waals surface area contributed by atoms with Crippen LogP contribution in [0.4, 0.5) is 0 Å². The summed E-state index contributed by atoms with van der Waals surface area (Å²) < 4.78 is 31.3. The van der Waals surface area contributed by atoms with Crippen LogP contribution in [0.25, 0.3) is 0 Å². The van der Waals surface area contributed by atoms with Gasteiger partial charge in [0, 0.05) is 6.54 Å². The highest BCUT2D eigenvalue weighted by Crippen LogP contribution is 2.29. The summed E-state index contributed by atoms with van der Waals surface area (Å²) in [7, 11) is -4.11. The van der Waals surface area contributed by atoms with E-state index in [-0.39, 0.29) is 11.4 Å². The molecule has 0 bridgehead atoms. The maximum absolute atomic E-state index is 13.0. The predicted molar refractivity (Wildman–Crippen MR) is 92.0 cm³/mol. The van der Waals surface area contributed by atoms with Crippen molar-refractivity contribution in [3.63, 3.8) is 0 Å². The molecular weight excluding hydrogens is 328 g/mol. The van der Waals surface area contributed by atoms with E-state index in [1.807, 2.05) is 0 Å². The summed E-state index contributed by atoms with van der Waals surface area (Å²) in [5.41, 5.74) is 5.31. The summed E-state index contributed by atoms with van der Waals surface area (Å²) in [6, 6.07) is 7.76. The van der Waals surface area contributed by atoms with E-state index in [4.69, 9.17) is 10.5 Å². The van der Waals surface area contributed by atoms with Crippen LogP contribution in [0.3, 0.4) is 0 Å². The first-order valence-corrected chi connectivity index (χ1v) is 9.57. The molecule has 2 rings (SSSR count). The van der Waals surface area contributed by atoms with Gasteiger partial charge in [0.2, 0.25) is 14.7 Å². The van der Waals surface area contributed by atoms with Gasteiger partial charge < -0.3 is 15.8 Å². The predicted octanol–water partition coefficient (Wildman–Crippen LogP) is 1.46. The van der Waals surface area contributed by atoms with Gasteiger partial charge in [-0.15, -0.1) is 0 Å². The quantitative estimate of drug-likeness (QED) is 0.719. The SMILES string of the molecule is CC(C)(C)OC(=O)[C@](N)(CNCC1CC1)S(=O)(=O)c1ccccc1. The highest BCUT2D eigenvalue weighted by atomic mass is 32.2. The molecule has 134 valence electrons. The van der Waals surface area contributed by atoms with Gasteiger partial charge in [-0.2, -0.15) is 0 Å². The number of hydrogen-bond acceptors (Lipinski definition) is 6. The topological polar surface area (TPSA) is 98.5 Å². The Balaban J connectivity index is 2.31. The number of sulfone groups is 1. The molecule has 0 unspecified atom stereocenters. The second-order valence-electron chi connectivity index (χ2n) is 7.28. The molecule has 0 heterocycles. The smallest absolute Gasteiger partial charge is 0.344 e. The van der Waals surface area contributed by atoms with Crippen molar-refractivity contribution in [2.24, 2.45) is 11.7 Å². The normalized spacial score (nSPS) is 18.0. The molecule has 1 aromatic carbocycles. The number of hydrogen-bond donors (Lipinski definition) is 2. The van der Waals surface area contributed by atoms with Crippen molar-refractivity contribution >= 4 is 15.8 Å². The Labute approximate surface area is 143 Å². The maximum atomic E-state index is 13.0. The minimum Gasteiger partial charge on any atom is -0.458 e. The van der Waals surface area contributed by atoms with E-state index in [2.05, 4.69) is 5.32 Å². The van der Waals surface area contributed by atoms with Crippen LogP contribution in [0.5, 0.6) is 0 Å². The monoisotopic (exact) mass is 354 g/mol. The average Bonchev–Trinajstić information content (AvgIpc) is 3.30. The van der Waals surface area contributed by atoms with Gasteiger partial charge >= 0.3 is 5.97 Å². The largest absolute Gasteiger partial charge is 0.458 e. The van der Waals surface area contributed by atoms with Crippen LogP contribution in [0.2, 0.25) is 0 Å². The van der Waals surface area contributed by atoms with Gasteiger partial charge in [-0.3, -0.25) is 0 Å². The van der Waals surface area contributed by atoms with Crippen molar-refractivity contribution in [2.45, 2.75) is 49.0 Å². The van der Waals surface area contributed by atoms with E-state index in [0.29, 0.717) is 12.5 Å². The van der Waals surface area contributed by atoms with Crippen LogP contribution in [-0.2, 0) is 19.4 Å². The molecule has 1 fully saturated rings. The third kappa shape index (κ3) is 4.34. The molecule has 0 radical (unpaired) electrons. The molecule has 0 amide bonds. The molecule has 7 heteroatoms. The standard InChI is InChI=1S/C17H26N2O4S/c1-16(2,3)23-15(20)17(18,12-19-11-13-9-10-13)24(21,22)14-7-5-4-6-8-14/h4-8,13,19H,9-12,18H2,1-3H3/t17-/m0/s1. The number of rotatable bonds is 7. The summed E-state index contributed by atoms with van der Waals surface area (Å²) in [6.07, 6.45) is 2.23. The lowest BCUT2D eigenvalue weighted by Crippen LogP contribution is -2.62.